The fraction of sp³-hybridized carbons (Fsp3) is 0.150. The Balaban J connectivity index is 1.90. The molecule has 8 heteroatoms. The molecule has 6 nitrogen and oxygen atoms in total. The predicted molar refractivity (Wildman–Crippen MR) is 108 cm³/mol. The molecule has 2 aromatic heterocycles. The first-order valence-corrected chi connectivity index (χ1v) is 9.08. The number of ether oxygens (including phenoxy) is 1. The van der Waals surface area contributed by atoms with Gasteiger partial charge < -0.3 is 14.7 Å². The van der Waals surface area contributed by atoms with Gasteiger partial charge in [-0.2, -0.15) is 0 Å². The summed E-state index contributed by atoms with van der Waals surface area (Å²) in [5.74, 6) is -0.597. The van der Waals surface area contributed by atoms with E-state index in [9.17, 15) is 14.4 Å². The summed E-state index contributed by atoms with van der Waals surface area (Å²) in [5, 5.41) is 0.894. The number of benzene rings is 1. The molecule has 0 fully saturated rings. The van der Waals surface area contributed by atoms with Gasteiger partial charge >= 0.3 is 5.97 Å². The Labute approximate surface area is 170 Å². The van der Waals surface area contributed by atoms with Crippen molar-refractivity contribution in [3.63, 3.8) is 0 Å². The molecule has 0 unspecified atom stereocenters. The lowest BCUT2D eigenvalue weighted by Gasteiger charge is -2.11. The van der Waals surface area contributed by atoms with Crippen LogP contribution < -0.4 is 11.1 Å². The fourth-order valence-electron chi connectivity index (χ4n) is 2.84. The lowest BCUT2D eigenvalue weighted by atomic mass is 10.0. The zero-order chi connectivity index (χ0) is 20.3. The number of rotatable bonds is 5. The lowest BCUT2D eigenvalue weighted by Crippen LogP contribution is -2.14. The zero-order valence-electron chi connectivity index (χ0n) is 14.8. The van der Waals surface area contributed by atoms with Crippen molar-refractivity contribution < 1.29 is 9.53 Å². The van der Waals surface area contributed by atoms with E-state index in [4.69, 9.17) is 23.2 Å². The number of hydrogen-bond acceptors (Lipinski definition) is 4. The summed E-state index contributed by atoms with van der Waals surface area (Å²) < 4.78 is 4.65. The van der Waals surface area contributed by atoms with Gasteiger partial charge in [0.1, 0.15) is 0 Å². The minimum Gasteiger partial charge on any atom is -0.465 e. The van der Waals surface area contributed by atoms with Crippen LogP contribution in [0.3, 0.4) is 0 Å². The SMILES string of the molecule is COC(=O)c1cc(Cc2cc(Cl)c(Cc3ccc[nH]c3=O)cc2Cl)[nH]c(=O)c1. The molecule has 0 amide bonds. The minimum absolute atomic E-state index is 0.156. The van der Waals surface area contributed by atoms with Crippen LogP contribution in [-0.2, 0) is 17.6 Å². The van der Waals surface area contributed by atoms with Gasteiger partial charge in [0.25, 0.3) is 5.56 Å². The van der Waals surface area contributed by atoms with E-state index in [2.05, 4.69) is 14.7 Å². The van der Waals surface area contributed by atoms with Crippen LogP contribution in [0, 0.1) is 0 Å². The zero-order valence-corrected chi connectivity index (χ0v) is 16.4. The molecule has 0 aliphatic rings. The molecule has 2 N–H and O–H groups in total. The summed E-state index contributed by atoms with van der Waals surface area (Å²) in [5.41, 5.74) is 2.01. The number of hydrogen-bond donors (Lipinski definition) is 2. The van der Waals surface area contributed by atoms with Gasteiger partial charge in [-0.3, -0.25) is 9.59 Å². The molecule has 0 saturated heterocycles. The molecule has 3 rings (SSSR count). The van der Waals surface area contributed by atoms with Gasteiger partial charge in [-0.15, -0.1) is 0 Å². The van der Waals surface area contributed by atoms with Crippen LogP contribution in [0.1, 0.15) is 32.7 Å². The molecule has 3 aromatic rings. The second kappa shape index (κ2) is 8.46. The van der Waals surface area contributed by atoms with Crippen LogP contribution in [0.25, 0.3) is 0 Å². The summed E-state index contributed by atoms with van der Waals surface area (Å²) in [6.07, 6.45) is 2.17. The van der Waals surface area contributed by atoms with Gasteiger partial charge in [0.05, 0.1) is 12.7 Å². The van der Waals surface area contributed by atoms with Gasteiger partial charge in [-0.1, -0.05) is 29.3 Å². The first-order valence-electron chi connectivity index (χ1n) is 8.32. The van der Waals surface area contributed by atoms with E-state index in [1.54, 1.807) is 30.5 Å². The van der Waals surface area contributed by atoms with Gasteiger partial charge in [0, 0.05) is 46.4 Å². The lowest BCUT2D eigenvalue weighted by molar-refractivity contribution is 0.0600. The highest BCUT2D eigenvalue weighted by Crippen LogP contribution is 2.28. The number of halogens is 2. The second-order valence-electron chi connectivity index (χ2n) is 6.16. The molecule has 0 radical (unpaired) electrons. The second-order valence-corrected chi connectivity index (χ2v) is 6.98. The number of nitrogens with one attached hydrogen (secondary N) is 2. The van der Waals surface area contributed by atoms with Crippen molar-refractivity contribution in [1.82, 2.24) is 9.97 Å². The van der Waals surface area contributed by atoms with Crippen LogP contribution in [0.2, 0.25) is 10.0 Å². The molecular formula is C20H16Cl2N2O4. The number of aromatic amines is 2. The smallest absolute Gasteiger partial charge is 0.338 e. The normalized spacial score (nSPS) is 10.7. The van der Waals surface area contributed by atoms with Crippen molar-refractivity contribution >= 4 is 29.2 Å². The average molecular weight is 419 g/mol. The van der Waals surface area contributed by atoms with Gasteiger partial charge in [0.15, 0.2) is 0 Å². The number of methoxy groups -OCH3 is 1. The number of carbonyl (C=O) groups is 1. The summed E-state index contributed by atoms with van der Waals surface area (Å²) >= 11 is 12.8. The molecule has 0 spiro atoms. The van der Waals surface area contributed by atoms with E-state index < -0.39 is 11.5 Å². The Morgan fingerprint density at radius 1 is 1.00 bits per heavy atom. The molecule has 0 aliphatic carbocycles. The molecule has 0 bridgehead atoms. The van der Waals surface area contributed by atoms with Gasteiger partial charge in [-0.25, -0.2) is 4.79 Å². The Hall–Kier alpha value is -2.83. The maximum absolute atomic E-state index is 11.9. The molecule has 2 heterocycles. The number of carbonyl (C=O) groups excluding carboxylic acids is 1. The van der Waals surface area contributed by atoms with Crippen LogP contribution in [-0.4, -0.2) is 23.0 Å². The Kier molecular flexibility index (Phi) is 6.02. The molecule has 0 atom stereocenters. The maximum Gasteiger partial charge on any atom is 0.338 e. The molecule has 144 valence electrons. The third-order valence-electron chi connectivity index (χ3n) is 4.20. The van der Waals surface area contributed by atoms with Gasteiger partial charge in [-0.05, 0) is 35.4 Å². The molecule has 0 saturated carbocycles. The summed E-state index contributed by atoms with van der Waals surface area (Å²) in [7, 11) is 1.25. The van der Waals surface area contributed by atoms with Gasteiger partial charge in [0.2, 0.25) is 5.56 Å². The Bertz CT molecular complexity index is 1150. The van der Waals surface area contributed by atoms with E-state index in [1.165, 1.54) is 19.2 Å². The van der Waals surface area contributed by atoms with Crippen molar-refractivity contribution in [2.24, 2.45) is 0 Å². The number of esters is 1. The third-order valence-corrected chi connectivity index (χ3v) is 4.90. The van der Waals surface area contributed by atoms with Crippen LogP contribution in [0.5, 0.6) is 0 Å². The summed E-state index contributed by atoms with van der Waals surface area (Å²) in [6, 6.07) is 9.57. The topological polar surface area (TPSA) is 92.0 Å². The maximum atomic E-state index is 11.9. The van der Waals surface area contributed by atoms with Crippen molar-refractivity contribution in [2.45, 2.75) is 12.8 Å². The largest absolute Gasteiger partial charge is 0.465 e. The van der Waals surface area contributed by atoms with E-state index >= 15 is 0 Å². The van der Waals surface area contributed by atoms with Crippen LogP contribution in [0.15, 0.2) is 52.2 Å². The quantitative estimate of drug-likeness (QED) is 0.621. The summed E-state index contributed by atoms with van der Waals surface area (Å²) in [6.45, 7) is 0. The first kappa shape index (κ1) is 19.9. The first-order chi connectivity index (χ1) is 13.4. The standard InChI is InChI=1S/C20H16Cl2N2O4/c1-28-20(27)14-7-15(24-18(25)10-14)6-13-9-16(21)12(8-17(13)22)5-11-3-2-4-23-19(11)26/h2-4,7-10H,5-6H2,1H3,(H,23,26)(H,24,25). The molecule has 0 aliphatic heterocycles. The van der Waals surface area contributed by atoms with E-state index in [-0.39, 0.29) is 17.5 Å². The van der Waals surface area contributed by atoms with Crippen LogP contribution >= 0.6 is 23.2 Å². The average Bonchev–Trinajstić information content (AvgIpc) is 2.66. The highest BCUT2D eigenvalue weighted by molar-refractivity contribution is 6.34. The highest BCUT2D eigenvalue weighted by atomic mass is 35.5. The summed E-state index contributed by atoms with van der Waals surface area (Å²) in [4.78, 5) is 40.7. The van der Waals surface area contributed by atoms with E-state index in [0.29, 0.717) is 38.9 Å². The molecule has 28 heavy (non-hydrogen) atoms. The monoisotopic (exact) mass is 418 g/mol. The molecule has 1 aromatic carbocycles. The Morgan fingerprint density at radius 3 is 2.32 bits per heavy atom. The predicted octanol–water partition coefficient (Wildman–Crippen LogP) is 3.34. The van der Waals surface area contributed by atoms with Crippen molar-refractivity contribution in [2.75, 3.05) is 7.11 Å². The van der Waals surface area contributed by atoms with Crippen LogP contribution in [0.4, 0.5) is 0 Å². The fourth-order valence-corrected chi connectivity index (χ4v) is 3.34. The third kappa shape index (κ3) is 4.52. The Morgan fingerprint density at radius 2 is 1.68 bits per heavy atom. The molecular weight excluding hydrogens is 403 g/mol. The van der Waals surface area contributed by atoms with E-state index in [1.807, 2.05) is 0 Å². The number of H-pyrrole nitrogens is 2. The van der Waals surface area contributed by atoms with E-state index in [0.717, 1.165) is 0 Å². The van der Waals surface area contributed by atoms with Crippen molar-refractivity contribution in [3.05, 3.63) is 101 Å². The van der Waals surface area contributed by atoms with Crippen molar-refractivity contribution in [3.8, 4) is 0 Å². The highest BCUT2D eigenvalue weighted by Gasteiger charge is 2.13. The van der Waals surface area contributed by atoms with Crippen molar-refractivity contribution in [1.29, 1.82) is 0 Å². The minimum atomic E-state index is -0.597. The number of pyridine rings is 2. The number of aromatic nitrogens is 2.